The molecule has 0 aromatic heterocycles. The lowest BCUT2D eigenvalue weighted by atomic mass is 9.81. The number of hydrogen-bond donors (Lipinski definition) is 2. The van der Waals surface area contributed by atoms with Crippen LogP contribution in [0.15, 0.2) is 18.2 Å². The highest BCUT2D eigenvalue weighted by Gasteiger charge is 2.38. The number of benzene rings is 1. The van der Waals surface area contributed by atoms with Gasteiger partial charge in [-0.3, -0.25) is 14.4 Å². The van der Waals surface area contributed by atoms with Crippen LogP contribution in [0.1, 0.15) is 74.2 Å². The number of carbonyl (C=O) groups is 3. The summed E-state index contributed by atoms with van der Waals surface area (Å²) in [7, 11) is 0. The van der Waals surface area contributed by atoms with Crippen LogP contribution < -0.4 is 5.32 Å². The van der Waals surface area contributed by atoms with Crippen molar-refractivity contribution in [2.45, 2.75) is 69.9 Å². The number of Topliss-reactive ketones (excluding diaryl/α,β-unsaturated/α-hetero) is 1. The predicted molar refractivity (Wildman–Crippen MR) is 110 cm³/mol. The quantitative estimate of drug-likeness (QED) is 0.667. The molecule has 3 rings (SSSR count). The van der Waals surface area contributed by atoms with Gasteiger partial charge in [-0.05, 0) is 37.7 Å². The maximum absolute atomic E-state index is 15.3. The second kappa shape index (κ2) is 9.69. The highest BCUT2D eigenvalue weighted by molar-refractivity contribution is 5.98. The SMILES string of the molecule is CCC(=O)C(NC(=O)c1cccc(C2(O)CCCN(C=O)C2)c1F)C1CCCCC1. The lowest BCUT2D eigenvalue weighted by Gasteiger charge is -2.38. The minimum Gasteiger partial charge on any atom is -0.383 e. The maximum Gasteiger partial charge on any atom is 0.254 e. The number of carbonyl (C=O) groups excluding carboxylic acids is 3. The molecule has 30 heavy (non-hydrogen) atoms. The number of likely N-dealkylation sites (tertiary alicyclic amines) is 1. The van der Waals surface area contributed by atoms with Crippen LogP contribution in [0.3, 0.4) is 0 Å². The molecule has 2 unspecified atom stereocenters. The molecule has 164 valence electrons. The van der Waals surface area contributed by atoms with Gasteiger partial charge in [0.05, 0.1) is 18.2 Å². The summed E-state index contributed by atoms with van der Waals surface area (Å²) in [6.07, 6.45) is 6.73. The van der Waals surface area contributed by atoms with E-state index in [9.17, 15) is 19.5 Å². The van der Waals surface area contributed by atoms with E-state index in [0.717, 1.165) is 32.1 Å². The molecule has 1 aliphatic carbocycles. The molecule has 0 spiro atoms. The van der Waals surface area contributed by atoms with Gasteiger partial charge in [0.1, 0.15) is 11.4 Å². The molecule has 1 aromatic rings. The average Bonchev–Trinajstić information content (AvgIpc) is 2.77. The molecule has 6 nitrogen and oxygen atoms in total. The Labute approximate surface area is 176 Å². The Balaban J connectivity index is 1.84. The number of nitrogens with one attached hydrogen (secondary N) is 1. The van der Waals surface area contributed by atoms with Crippen LogP contribution in [0, 0.1) is 11.7 Å². The van der Waals surface area contributed by atoms with Crippen molar-refractivity contribution in [3.05, 3.63) is 35.1 Å². The van der Waals surface area contributed by atoms with Crippen molar-refractivity contribution in [1.29, 1.82) is 0 Å². The molecule has 7 heteroatoms. The number of amides is 2. The van der Waals surface area contributed by atoms with E-state index in [4.69, 9.17) is 0 Å². The maximum atomic E-state index is 15.3. The molecule has 2 N–H and O–H groups in total. The van der Waals surface area contributed by atoms with E-state index in [0.29, 0.717) is 32.2 Å². The lowest BCUT2D eigenvalue weighted by molar-refractivity contribution is -0.125. The Morgan fingerprint density at radius 2 is 2.03 bits per heavy atom. The monoisotopic (exact) mass is 418 g/mol. The summed E-state index contributed by atoms with van der Waals surface area (Å²) >= 11 is 0. The minimum atomic E-state index is -1.54. The van der Waals surface area contributed by atoms with Gasteiger partial charge in [-0.15, -0.1) is 0 Å². The van der Waals surface area contributed by atoms with Gasteiger partial charge in [0.25, 0.3) is 5.91 Å². The number of piperidine rings is 1. The summed E-state index contributed by atoms with van der Waals surface area (Å²) < 4.78 is 15.3. The van der Waals surface area contributed by atoms with Gasteiger partial charge in [0, 0.05) is 18.5 Å². The Kier molecular flexibility index (Phi) is 7.23. The van der Waals surface area contributed by atoms with E-state index < -0.39 is 23.4 Å². The molecule has 0 radical (unpaired) electrons. The van der Waals surface area contributed by atoms with Crippen molar-refractivity contribution in [2.75, 3.05) is 13.1 Å². The second-order valence-electron chi connectivity index (χ2n) is 8.55. The topological polar surface area (TPSA) is 86.7 Å². The molecule has 2 aliphatic rings. The van der Waals surface area contributed by atoms with Crippen molar-refractivity contribution in [3.63, 3.8) is 0 Å². The number of β-amino-alcohol motifs (C(OH)–C–C–N with tert-alkyl or cyclic N) is 1. The third-order valence-corrected chi connectivity index (χ3v) is 6.50. The van der Waals surface area contributed by atoms with Crippen LogP contribution in [0.2, 0.25) is 0 Å². The molecule has 1 heterocycles. The Morgan fingerprint density at radius 3 is 2.70 bits per heavy atom. The molecule has 0 bridgehead atoms. The van der Waals surface area contributed by atoms with E-state index in [1.54, 1.807) is 6.92 Å². The van der Waals surface area contributed by atoms with E-state index in [-0.39, 0.29) is 29.4 Å². The second-order valence-corrected chi connectivity index (χ2v) is 8.55. The van der Waals surface area contributed by atoms with Gasteiger partial charge in [-0.2, -0.15) is 0 Å². The van der Waals surface area contributed by atoms with Crippen LogP contribution >= 0.6 is 0 Å². The summed E-state index contributed by atoms with van der Waals surface area (Å²) in [5.41, 5.74) is -1.71. The Hall–Kier alpha value is -2.28. The zero-order valence-electron chi connectivity index (χ0n) is 17.5. The number of rotatable bonds is 7. The molecule has 1 saturated carbocycles. The Morgan fingerprint density at radius 1 is 1.30 bits per heavy atom. The number of hydrogen-bond acceptors (Lipinski definition) is 4. The number of halogens is 1. The van der Waals surface area contributed by atoms with Crippen molar-refractivity contribution >= 4 is 18.1 Å². The standard InChI is InChI=1S/C23H31FN2O4/c1-2-19(28)21(16-8-4-3-5-9-16)25-22(29)17-10-6-11-18(20(17)24)23(30)12-7-13-26(14-23)15-27/h6,10-11,15-16,21,30H,2-5,7-9,12-14H2,1H3,(H,25,29). The third kappa shape index (κ3) is 4.72. The smallest absolute Gasteiger partial charge is 0.254 e. The van der Waals surface area contributed by atoms with Gasteiger partial charge >= 0.3 is 0 Å². The fourth-order valence-electron chi connectivity index (χ4n) is 4.81. The largest absolute Gasteiger partial charge is 0.383 e. The minimum absolute atomic E-state index is 0.0118. The van der Waals surface area contributed by atoms with Crippen LogP contribution in [-0.2, 0) is 15.2 Å². The van der Waals surface area contributed by atoms with Gasteiger partial charge in [-0.25, -0.2) is 4.39 Å². The number of aliphatic hydroxyl groups is 1. The van der Waals surface area contributed by atoms with Gasteiger partial charge in [0.2, 0.25) is 6.41 Å². The van der Waals surface area contributed by atoms with Crippen LogP contribution in [0.25, 0.3) is 0 Å². The molecule has 2 amide bonds. The summed E-state index contributed by atoms with van der Waals surface area (Å²) in [5.74, 6) is -1.40. The van der Waals surface area contributed by atoms with Crippen LogP contribution in [-0.4, -0.2) is 47.2 Å². The van der Waals surface area contributed by atoms with E-state index in [2.05, 4.69) is 5.32 Å². The van der Waals surface area contributed by atoms with E-state index in [1.165, 1.54) is 23.1 Å². The summed E-state index contributed by atoms with van der Waals surface area (Å²) in [5, 5.41) is 13.8. The number of nitrogens with zero attached hydrogens (tertiary/aromatic N) is 1. The summed E-state index contributed by atoms with van der Waals surface area (Å²) in [4.78, 5) is 38.0. The molecular weight excluding hydrogens is 387 g/mol. The number of ketones is 1. The predicted octanol–water partition coefficient (Wildman–Crippen LogP) is 2.92. The average molecular weight is 419 g/mol. The van der Waals surface area contributed by atoms with Crippen LogP contribution in [0.5, 0.6) is 0 Å². The van der Waals surface area contributed by atoms with Crippen molar-refractivity contribution < 1.29 is 23.9 Å². The van der Waals surface area contributed by atoms with Crippen LogP contribution in [0.4, 0.5) is 4.39 Å². The molecule has 1 aliphatic heterocycles. The first kappa shape index (κ1) is 22.4. The van der Waals surface area contributed by atoms with E-state index >= 15 is 4.39 Å². The van der Waals surface area contributed by atoms with Gasteiger partial charge in [-0.1, -0.05) is 38.3 Å². The zero-order chi connectivity index (χ0) is 21.7. The highest BCUT2D eigenvalue weighted by Crippen LogP contribution is 2.34. The van der Waals surface area contributed by atoms with Gasteiger partial charge < -0.3 is 15.3 Å². The fraction of sp³-hybridized carbons (Fsp3) is 0.609. The Bertz CT molecular complexity index is 793. The first-order valence-electron chi connectivity index (χ1n) is 10.9. The molecule has 1 aromatic carbocycles. The van der Waals surface area contributed by atoms with Crippen molar-refractivity contribution in [3.8, 4) is 0 Å². The van der Waals surface area contributed by atoms with Gasteiger partial charge in [0.15, 0.2) is 5.78 Å². The highest BCUT2D eigenvalue weighted by atomic mass is 19.1. The third-order valence-electron chi connectivity index (χ3n) is 6.50. The zero-order valence-corrected chi connectivity index (χ0v) is 17.5. The van der Waals surface area contributed by atoms with Crippen molar-refractivity contribution in [1.82, 2.24) is 10.2 Å². The first-order chi connectivity index (χ1) is 14.4. The van der Waals surface area contributed by atoms with Crippen molar-refractivity contribution in [2.24, 2.45) is 5.92 Å². The lowest BCUT2D eigenvalue weighted by Crippen LogP contribution is -2.47. The first-order valence-corrected chi connectivity index (χ1v) is 10.9. The molecule has 1 saturated heterocycles. The molecular formula is C23H31FN2O4. The fourth-order valence-corrected chi connectivity index (χ4v) is 4.81. The molecule has 2 atom stereocenters. The normalized spacial score (nSPS) is 23.6. The summed E-state index contributed by atoms with van der Waals surface area (Å²) in [6.45, 7) is 2.26. The van der Waals surface area contributed by atoms with E-state index in [1.807, 2.05) is 0 Å². The molecule has 2 fully saturated rings. The summed E-state index contributed by atoms with van der Waals surface area (Å²) in [6, 6.07) is 3.74.